The van der Waals surface area contributed by atoms with Crippen LogP contribution < -0.4 is 5.56 Å². The minimum Gasteiger partial charge on any atom is -0.309 e. The van der Waals surface area contributed by atoms with Gasteiger partial charge in [0.1, 0.15) is 10.3 Å². The second-order valence-electron chi connectivity index (χ2n) is 4.74. The number of nitrogens with zero attached hydrogens (tertiary/aromatic N) is 1. The number of aromatic nitrogens is 2. The van der Waals surface area contributed by atoms with Gasteiger partial charge in [-0.1, -0.05) is 43.1 Å². The summed E-state index contributed by atoms with van der Waals surface area (Å²) in [5.74, 6) is 0.698. The van der Waals surface area contributed by atoms with Gasteiger partial charge in [-0.2, -0.15) is 0 Å². The van der Waals surface area contributed by atoms with Gasteiger partial charge in [0.05, 0.1) is 5.69 Å². The Morgan fingerprint density at radius 1 is 1.30 bits per heavy atom. The summed E-state index contributed by atoms with van der Waals surface area (Å²) in [6, 6.07) is 5.32. The molecule has 0 fully saturated rings. The molecule has 2 aromatic rings. The lowest BCUT2D eigenvalue weighted by atomic mass is 10.1. The monoisotopic (exact) mass is 374 g/mol. The van der Waals surface area contributed by atoms with E-state index in [0.717, 1.165) is 11.3 Å². The van der Waals surface area contributed by atoms with Gasteiger partial charge in [-0.05, 0) is 39.5 Å². The van der Waals surface area contributed by atoms with Crippen LogP contribution in [0.2, 0.25) is 10.0 Å². The van der Waals surface area contributed by atoms with E-state index in [4.69, 9.17) is 23.2 Å². The molecule has 0 saturated heterocycles. The normalized spacial score (nSPS) is 11.1. The van der Waals surface area contributed by atoms with Gasteiger partial charge in [-0.15, -0.1) is 0 Å². The van der Waals surface area contributed by atoms with E-state index in [1.54, 1.807) is 18.2 Å². The molecule has 1 N–H and O–H groups in total. The minimum atomic E-state index is -0.193. The van der Waals surface area contributed by atoms with Crippen LogP contribution in [0.5, 0.6) is 0 Å². The molecule has 0 amide bonds. The Kier molecular flexibility index (Phi) is 4.89. The van der Waals surface area contributed by atoms with Gasteiger partial charge in [-0.3, -0.25) is 4.79 Å². The van der Waals surface area contributed by atoms with Gasteiger partial charge < -0.3 is 4.98 Å². The highest BCUT2D eigenvalue weighted by atomic mass is 79.9. The summed E-state index contributed by atoms with van der Waals surface area (Å²) in [7, 11) is 0. The SMILES string of the molecule is CC(C)c1nc(Cc2c(Cl)cccc2Cl)[nH]c(=O)c1Br. The number of benzene rings is 1. The topological polar surface area (TPSA) is 45.8 Å². The molecule has 0 aliphatic rings. The number of aromatic amines is 1. The summed E-state index contributed by atoms with van der Waals surface area (Å²) in [5.41, 5.74) is 1.30. The quantitative estimate of drug-likeness (QED) is 0.854. The number of H-pyrrole nitrogens is 1. The molecule has 0 atom stereocenters. The number of hydrogen-bond donors (Lipinski definition) is 1. The van der Waals surface area contributed by atoms with Crippen LogP contribution in [0.4, 0.5) is 0 Å². The molecule has 1 aromatic carbocycles. The van der Waals surface area contributed by atoms with Crippen molar-refractivity contribution in [2.75, 3.05) is 0 Å². The summed E-state index contributed by atoms with van der Waals surface area (Å²) in [5, 5.41) is 1.13. The lowest BCUT2D eigenvalue weighted by Crippen LogP contribution is -2.16. The second-order valence-corrected chi connectivity index (χ2v) is 6.35. The van der Waals surface area contributed by atoms with Crippen LogP contribution in [0.15, 0.2) is 27.5 Å². The zero-order chi connectivity index (χ0) is 14.9. The third kappa shape index (κ3) is 3.25. The second kappa shape index (κ2) is 6.29. The predicted molar refractivity (Wildman–Crippen MR) is 85.9 cm³/mol. The van der Waals surface area contributed by atoms with Crippen LogP contribution in [-0.2, 0) is 6.42 Å². The summed E-state index contributed by atoms with van der Waals surface area (Å²) in [6.45, 7) is 3.97. The number of nitrogens with one attached hydrogen (secondary N) is 1. The molecule has 6 heteroatoms. The molecule has 0 unspecified atom stereocenters. The maximum Gasteiger partial charge on any atom is 0.265 e. The van der Waals surface area contributed by atoms with Crippen molar-refractivity contribution in [3.63, 3.8) is 0 Å². The van der Waals surface area contributed by atoms with E-state index in [9.17, 15) is 4.79 Å². The van der Waals surface area contributed by atoms with Crippen LogP contribution in [-0.4, -0.2) is 9.97 Å². The van der Waals surface area contributed by atoms with Crippen molar-refractivity contribution in [2.45, 2.75) is 26.2 Å². The molecule has 1 heterocycles. The molecular formula is C14H13BrCl2N2O. The third-order valence-electron chi connectivity index (χ3n) is 2.89. The first kappa shape index (κ1) is 15.5. The fourth-order valence-corrected chi connectivity index (χ4v) is 3.04. The molecule has 0 bridgehead atoms. The van der Waals surface area contributed by atoms with Gasteiger partial charge >= 0.3 is 0 Å². The fourth-order valence-electron chi connectivity index (χ4n) is 1.86. The largest absolute Gasteiger partial charge is 0.309 e. The Balaban J connectivity index is 2.47. The van der Waals surface area contributed by atoms with Crippen molar-refractivity contribution in [1.29, 1.82) is 0 Å². The molecule has 0 aliphatic heterocycles. The molecule has 1 aromatic heterocycles. The van der Waals surface area contributed by atoms with Crippen LogP contribution in [0.25, 0.3) is 0 Å². The standard InChI is InChI=1S/C14H13BrCl2N2O/c1-7(2)13-12(15)14(20)19-11(18-13)6-8-9(16)4-3-5-10(8)17/h3-5,7H,6H2,1-2H3,(H,18,19,20). The van der Waals surface area contributed by atoms with E-state index >= 15 is 0 Å². The van der Waals surface area contributed by atoms with Gasteiger partial charge in [0.15, 0.2) is 0 Å². The van der Waals surface area contributed by atoms with Crippen molar-refractivity contribution in [1.82, 2.24) is 9.97 Å². The van der Waals surface area contributed by atoms with E-state index < -0.39 is 0 Å². The average molecular weight is 376 g/mol. The average Bonchev–Trinajstić information content (AvgIpc) is 2.37. The molecule has 0 radical (unpaired) electrons. The van der Waals surface area contributed by atoms with Gasteiger partial charge in [-0.25, -0.2) is 4.98 Å². The number of rotatable bonds is 3. The maximum absolute atomic E-state index is 11.9. The van der Waals surface area contributed by atoms with E-state index in [0.29, 0.717) is 26.8 Å². The van der Waals surface area contributed by atoms with Crippen molar-refractivity contribution >= 4 is 39.1 Å². The van der Waals surface area contributed by atoms with Crippen molar-refractivity contribution in [2.24, 2.45) is 0 Å². The summed E-state index contributed by atoms with van der Waals surface area (Å²) in [4.78, 5) is 19.2. The molecule has 0 aliphatic carbocycles. The number of hydrogen-bond acceptors (Lipinski definition) is 2. The Morgan fingerprint density at radius 2 is 1.90 bits per heavy atom. The highest BCUT2D eigenvalue weighted by molar-refractivity contribution is 9.10. The number of halogens is 3. The van der Waals surface area contributed by atoms with Gasteiger partial charge in [0, 0.05) is 16.5 Å². The molecule has 3 nitrogen and oxygen atoms in total. The first-order chi connectivity index (χ1) is 9.40. The molecular weight excluding hydrogens is 363 g/mol. The van der Waals surface area contributed by atoms with Crippen LogP contribution in [0.3, 0.4) is 0 Å². The molecule has 0 saturated carbocycles. The van der Waals surface area contributed by atoms with E-state index in [-0.39, 0.29) is 11.5 Å². The Hall–Kier alpha value is -0.840. The smallest absolute Gasteiger partial charge is 0.265 e. The summed E-state index contributed by atoms with van der Waals surface area (Å²) in [6.07, 6.45) is 0.390. The highest BCUT2D eigenvalue weighted by Crippen LogP contribution is 2.26. The van der Waals surface area contributed by atoms with E-state index in [2.05, 4.69) is 25.9 Å². The van der Waals surface area contributed by atoms with Crippen LogP contribution in [0, 0.1) is 0 Å². The minimum absolute atomic E-state index is 0.146. The third-order valence-corrected chi connectivity index (χ3v) is 4.36. The zero-order valence-electron chi connectivity index (χ0n) is 11.0. The predicted octanol–water partition coefficient (Wildman–Crippen LogP) is 4.55. The molecule has 106 valence electrons. The Labute approximate surface area is 135 Å². The van der Waals surface area contributed by atoms with E-state index in [1.807, 2.05) is 13.8 Å². The van der Waals surface area contributed by atoms with Crippen molar-refractivity contribution in [3.8, 4) is 0 Å². The maximum atomic E-state index is 11.9. The summed E-state index contributed by atoms with van der Waals surface area (Å²) < 4.78 is 0.474. The molecule has 2 rings (SSSR count). The van der Waals surface area contributed by atoms with Gasteiger partial charge in [0.25, 0.3) is 5.56 Å². The molecule has 20 heavy (non-hydrogen) atoms. The van der Waals surface area contributed by atoms with Crippen LogP contribution >= 0.6 is 39.1 Å². The van der Waals surface area contributed by atoms with Crippen molar-refractivity contribution in [3.05, 3.63) is 60.2 Å². The van der Waals surface area contributed by atoms with E-state index in [1.165, 1.54) is 0 Å². The summed E-state index contributed by atoms with van der Waals surface area (Å²) >= 11 is 15.5. The lowest BCUT2D eigenvalue weighted by Gasteiger charge is -2.11. The first-order valence-electron chi connectivity index (χ1n) is 6.11. The lowest BCUT2D eigenvalue weighted by molar-refractivity contribution is 0.775. The van der Waals surface area contributed by atoms with Gasteiger partial charge in [0.2, 0.25) is 0 Å². The van der Waals surface area contributed by atoms with Crippen LogP contribution in [0.1, 0.15) is 36.8 Å². The highest BCUT2D eigenvalue weighted by Gasteiger charge is 2.14. The molecule has 0 spiro atoms. The fraction of sp³-hybridized carbons (Fsp3) is 0.286. The Morgan fingerprint density at radius 3 is 2.45 bits per heavy atom. The first-order valence-corrected chi connectivity index (χ1v) is 7.66. The zero-order valence-corrected chi connectivity index (χ0v) is 14.1. The Bertz CT molecular complexity index is 678. The van der Waals surface area contributed by atoms with Crippen molar-refractivity contribution < 1.29 is 0 Å².